The number of benzene rings is 1. The summed E-state index contributed by atoms with van der Waals surface area (Å²) in [5.74, 6) is 0.809. The van der Waals surface area contributed by atoms with E-state index >= 15 is 0 Å². The van der Waals surface area contributed by atoms with Crippen molar-refractivity contribution in [2.45, 2.75) is 44.6 Å². The fourth-order valence-electron chi connectivity index (χ4n) is 3.03. The van der Waals surface area contributed by atoms with E-state index in [1.54, 1.807) is 14.2 Å². The van der Waals surface area contributed by atoms with Gasteiger partial charge in [0.1, 0.15) is 11.5 Å². The quantitative estimate of drug-likeness (QED) is 0.842. The summed E-state index contributed by atoms with van der Waals surface area (Å²) < 4.78 is 11.1. The van der Waals surface area contributed by atoms with Gasteiger partial charge in [0, 0.05) is 29.2 Å². The number of hydrogen-bond donors (Lipinski definition) is 2. The van der Waals surface area contributed by atoms with Crippen molar-refractivity contribution in [3.8, 4) is 11.5 Å². The number of ether oxygens (including phenoxy) is 2. The summed E-state index contributed by atoms with van der Waals surface area (Å²) in [6.45, 7) is 0. The van der Waals surface area contributed by atoms with E-state index in [-0.39, 0.29) is 12.5 Å². The van der Waals surface area contributed by atoms with Crippen molar-refractivity contribution in [1.29, 1.82) is 0 Å². The summed E-state index contributed by atoms with van der Waals surface area (Å²) in [6, 6.07) is 1.55. The number of carbonyl (C=O) groups is 1. The monoisotopic (exact) mass is 293 g/mol. The lowest BCUT2D eigenvalue weighted by molar-refractivity contribution is -0.137. The highest BCUT2D eigenvalue weighted by Gasteiger charge is 2.24. The molecule has 0 heterocycles. The first kappa shape index (κ1) is 15.6. The SMILES string of the molecule is COc1cc(C(N)CCC(=O)O)c(OC)c2c1CCCC2. The van der Waals surface area contributed by atoms with E-state index in [1.165, 1.54) is 11.1 Å². The Labute approximate surface area is 125 Å². The number of methoxy groups -OCH3 is 2. The second-order valence-electron chi connectivity index (χ2n) is 5.40. The molecule has 1 aromatic rings. The maximum atomic E-state index is 10.7. The molecule has 0 aromatic heterocycles. The molecule has 1 aromatic carbocycles. The molecular formula is C16H23NO4. The van der Waals surface area contributed by atoms with Gasteiger partial charge in [0.2, 0.25) is 0 Å². The number of carboxylic acids is 1. The fourth-order valence-corrected chi connectivity index (χ4v) is 3.03. The number of hydrogen-bond acceptors (Lipinski definition) is 4. The molecule has 0 bridgehead atoms. The van der Waals surface area contributed by atoms with Crippen molar-refractivity contribution in [3.05, 3.63) is 22.8 Å². The molecule has 2 rings (SSSR count). The van der Waals surface area contributed by atoms with Crippen LogP contribution in [0.3, 0.4) is 0 Å². The Kier molecular flexibility index (Phi) is 5.07. The number of fused-ring (bicyclic) bond motifs is 1. The molecular weight excluding hydrogens is 270 g/mol. The van der Waals surface area contributed by atoms with Gasteiger partial charge in [-0.3, -0.25) is 4.79 Å². The summed E-state index contributed by atoms with van der Waals surface area (Å²) in [5.41, 5.74) is 9.40. The van der Waals surface area contributed by atoms with Crippen molar-refractivity contribution >= 4 is 5.97 Å². The van der Waals surface area contributed by atoms with E-state index in [0.717, 1.165) is 42.7 Å². The van der Waals surface area contributed by atoms with Gasteiger partial charge < -0.3 is 20.3 Å². The van der Waals surface area contributed by atoms with Gasteiger partial charge in [0.25, 0.3) is 0 Å². The zero-order chi connectivity index (χ0) is 15.4. The van der Waals surface area contributed by atoms with Gasteiger partial charge in [-0.2, -0.15) is 0 Å². The number of nitrogens with two attached hydrogens (primary N) is 1. The van der Waals surface area contributed by atoms with Crippen LogP contribution in [0.4, 0.5) is 0 Å². The van der Waals surface area contributed by atoms with E-state index in [0.29, 0.717) is 6.42 Å². The maximum Gasteiger partial charge on any atom is 0.303 e. The normalized spacial score (nSPS) is 15.2. The zero-order valence-corrected chi connectivity index (χ0v) is 12.6. The Bertz CT molecular complexity index is 527. The van der Waals surface area contributed by atoms with Crippen molar-refractivity contribution in [2.75, 3.05) is 14.2 Å². The molecule has 0 saturated carbocycles. The first-order chi connectivity index (χ1) is 10.1. The van der Waals surface area contributed by atoms with Crippen LogP contribution in [0.25, 0.3) is 0 Å². The second-order valence-corrected chi connectivity index (χ2v) is 5.40. The van der Waals surface area contributed by atoms with E-state index < -0.39 is 5.97 Å². The zero-order valence-electron chi connectivity index (χ0n) is 12.6. The first-order valence-corrected chi connectivity index (χ1v) is 7.32. The van der Waals surface area contributed by atoms with E-state index in [2.05, 4.69) is 0 Å². The van der Waals surface area contributed by atoms with Crippen molar-refractivity contribution in [2.24, 2.45) is 5.73 Å². The van der Waals surface area contributed by atoms with Crippen LogP contribution >= 0.6 is 0 Å². The highest BCUT2D eigenvalue weighted by Crippen LogP contribution is 2.41. The molecule has 0 saturated heterocycles. The molecule has 1 aliphatic rings. The minimum absolute atomic E-state index is 0.0454. The third kappa shape index (κ3) is 3.29. The summed E-state index contributed by atoms with van der Waals surface area (Å²) in [5, 5.41) is 8.82. The number of rotatable bonds is 6. The molecule has 0 radical (unpaired) electrons. The maximum absolute atomic E-state index is 10.7. The molecule has 116 valence electrons. The van der Waals surface area contributed by atoms with Gasteiger partial charge >= 0.3 is 5.97 Å². The van der Waals surface area contributed by atoms with E-state index in [4.69, 9.17) is 20.3 Å². The number of carboxylic acid groups (broad SMARTS) is 1. The Balaban J connectivity index is 2.42. The molecule has 1 unspecified atom stereocenters. The van der Waals surface area contributed by atoms with Crippen LogP contribution in [0, 0.1) is 0 Å². The Hall–Kier alpha value is -1.75. The third-order valence-electron chi connectivity index (χ3n) is 4.08. The molecule has 0 spiro atoms. The van der Waals surface area contributed by atoms with Gasteiger partial charge in [-0.05, 0) is 38.2 Å². The van der Waals surface area contributed by atoms with Crippen molar-refractivity contribution < 1.29 is 19.4 Å². The highest BCUT2D eigenvalue weighted by atomic mass is 16.5. The van der Waals surface area contributed by atoms with E-state index in [1.807, 2.05) is 6.07 Å². The van der Waals surface area contributed by atoms with Crippen LogP contribution in [-0.4, -0.2) is 25.3 Å². The molecule has 5 heteroatoms. The summed E-state index contributed by atoms with van der Waals surface area (Å²) in [6.07, 6.45) is 4.64. The predicted molar refractivity (Wildman–Crippen MR) is 80.0 cm³/mol. The minimum Gasteiger partial charge on any atom is -0.496 e. The molecule has 5 nitrogen and oxygen atoms in total. The number of aliphatic carboxylic acids is 1. The lowest BCUT2D eigenvalue weighted by atomic mass is 9.86. The van der Waals surface area contributed by atoms with Crippen molar-refractivity contribution in [1.82, 2.24) is 0 Å². The molecule has 0 amide bonds. The van der Waals surface area contributed by atoms with Crippen LogP contribution < -0.4 is 15.2 Å². The average molecular weight is 293 g/mol. The van der Waals surface area contributed by atoms with Crippen LogP contribution in [-0.2, 0) is 17.6 Å². The smallest absolute Gasteiger partial charge is 0.303 e. The van der Waals surface area contributed by atoms with Gasteiger partial charge in [-0.15, -0.1) is 0 Å². The van der Waals surface area contributed by atoms with Gasteiger partial charge in [0.15, 0.2) is 0 Å². The van der Waals surface area contributed by atoms with Gasteiger partial charge in [-0.1, -0.05) is 0 Å². The van der Waals surface area contributed by atoms with Crippen LogP contribution in [0.15, 0.2) is 6.07 Å². The average Bonchev–Trinajstić information content (AvgIpc) is 2.50. The van der Waals surface area contributed by atoms with Crippen molar-refractivity contribution in [3.63, 3.8) is 0 Å². The lowest BCUT2D eigenvalue weighted by Gasteiger charge is -2.25. The molecule has 21 heavy (non-hydrogen) atoms. The second kappa shape index (κ2) is 6.80. The Morgan fingerprint density at radius 2 is 1.95 bits per heavy atom. The minimum atomic E-state index is -0.839. The van der Waals surface area contributed by atoms with Gasteiger partial charge in [-0.25, -0.2) is 0 Å². The summed E-state index contributed by atoms with van der Waals surface area (Å²) in [7, 11) is 3.30. The third-order valence-corrected chi connectivity index (χ3v) is 4.08. The Morgan fingerprint density at radius 1 is 1.29 bits per heavy atom. The Morgan fingerprint density at radius 3 is 2.52 bits per heavy atom. The van der Waals surface area contributed by atoms with Crippen LogP contribution in [0.2, 0.25) is 0 Å². The summed E-state index contributed by atoms with van der Waals surface area (Å²) in [4.78, 5) is 10.7. The standard InChI is InChI=1S/C16H23NO4/c1-20-14-9-12(13(17)7-8-15(18)19)16(21-2)11-6-4-3-5-10(11)14/h9,13H,3-8,17H2,1-2H3,(H,18,19). The topological polar surface area (TPSA) is 81.8 Å². The molecule has 1 aliphatic carbocycles. The van der Waals surface area contributed by atoms with Crippen LogP contribution in [0.1, 0.15) is 48.4 Å². The highest BCUT2D eigenvalue weighted by molar-refractivity contribution is 5.66. The fraction of sp³-hybridized carbons (Fsp3) is 0.562. The molecule has 0 fully saturated rings. The summed E-state index contributed by atoms with van der Waals surface area (Å²) >= 11 is 0. The predicted octanol–water partition coefficient (Wildman–Crippen LogP) is 2.45. The van der Waals surface area contributed by atoms with Gasteiger partial charge in [0.05, 0.1) is 14.2 Å². The molecule has 0 aliphatic heterocycles. The molecule has 3 N–H and O–H groups in total. The largest absolute Gasteiger partial charge is 0.496 e. The first-order valence-electron chi connectivity index (χ1n) is 7.32. The lowest BCUT2D eigenvalue weighted by Crippen LogP contribution is -2.16. The van der Waals surface area contributed by atoms with E-state index in [9.17, 15) is 4.79 Å². The molecule has 1 atom stereocenters. The van der Waals surface area contributed by atoms with Crippen LogP contribution in [0.5, 0.6) is 11.5 Å².